The van der Waals surface area contributed by atoms with Crippen LogP contribution >= 0.6 is 11.3 Å². The van der Waals surface area contributed by atoms with E-state index in [9.17, 15) is 4.79 Å². The molecular weight excluding hydrogens is 274 g/mol. The minimum Gasteiger partial charge on any atom is -0.365 e. The van der Waals surface area contributed by atoms with E-state index < -0.39 is 6.10 Å². The number of aromatic nitrogens is 1. The lowest BCUT2D eigenvalue weighted by Crippen LogP contribution is -2.49. The number of carbonyl (C=O) groups is 1. The Morgan fingerprint density at radius 1 is 1.55 bits per heavy atom. The first-order chi connectivity index (χ1) is 9.67. The van der Waals surface area contributed by atoms with Crippen molar-refractivity contribution in [2.45, 2.75) is 13.0 Å². The van der Waals surface area contributed by atoms with E-state index in [1.54, 1.807) is 18.4 Å². The number of nitrogens with one attached hydrogen (secondary N) is 1. The second-order valence-electron chi connectivity index (χ2n) is 4.89. The lowest BCUT2D eigenvalue weighted by Gasteiger charge is -2.31. The molecule has 0 saturated carbocycles. The summed E-state index contributed by atoms with van der Waals surface area (Å²) in [6.45, 7) is 3.95. The summed E-state index contributed by atoms with van der Waals surface area (Å²) in [5.41, 5.74) is 2.25. The van der Waals surface area contributed by atoms with Crippen LogP contribution in [0.5, 0.6) is 0 Å². The molecule has 2 aromatic rings. The number of amides is 1. The van der Waals surface area contributed by atoms with Gasteiger partial charge >= 0.3 is 0 Å². The molecule has 6 heteroatoms. The standard InChI is InChI=1S/C14H17N3O2S/c1-9-3-4-10-12(7-9)20-14(16-10)17-5-6-19-11(8-17)13(18)15-2/h3-4,7,11H,5-6,8H2,1-2H3,(H,15,18). The fraction of sp³-hybridized carbons (Fsp3) is 0.429. The van der Waals surface area contributed by atoms with Crippen LogP contribution in [0.4, 0.5) is 5.13 Å². The average molecular weight is 291 g/mol. The van der Waals surface area contributed by atoms with Gasteiger partial charge in [0.1, 0.15) is 0 Å². The number of thiazole rings is 1. The molecule has 3 rings (SSSR count). The molecule has 1 aliphatic heterocycles. The van der Waals surface area contributed by atoms with Crippen molar-refractivity contribution in [3.05, 3.63) is 23.8 Å². The van der Waals surface area contributed by atoms with Crippen LogP contribution in [-0.4, -0.2) is 43.7 Å². The van der Waals surface area contributed by atoms with Crippen LogP contribution in [0, 0.1) is 6.92 Å². The molecule has 1 unspecified atom stereocenters. The summed E-state index contributed by atoms with van der Waals surface area (Å²) >= 11 is 1.67. The van der Waals surface area contributed by atoms with E-state index in [2.05, 4.69) is 34.3 Å². The van der Waals surface area contributed by atoms with E-state index in [1.165, 1.54) is 10.3 Å². The quantitative estimate of drug-likeness (QED) is 0.912. The molecule has 0 aliphatic carbocycles. The minimum atomic E-state index is -0.414. The molecule has 1 N–H and O–H groups in total. The van der Waals surface area contributed by atoms with Gasteiger partial charge in [-0.15, -0.1) is 0 Å². The topological polar surface area (TPSA) is 54.5 Å². The van der Waals surface area contributed by atoms with Gasteiger partial charge in [-0.25, -0.2) is 4.98 Å². The zero-order chi connectivity index (χ0) is 14.1. The number of fused-ring (bicyclic) bond motifs is 1. The molecule has 1 aliphatic rings. The number of likely N-dealkylation sites (N-methyl/N-ethyl adjacent to an activating group) is 1. The van der Waals surface area contributed by atoms with Gasteiger partial charge in [0.2, 0.25) is 0 Å². The van der Waals surface area contributed by atoms with Crippen LogP contribution in [0.2, 0.25) is 0 Å². The van der Waals surface area contributed by atoms with Gasteiger partial charge in [0, 0.05) is 13.6 Å². The summed E-state index contributed by atoms with van der Waals surface area (Å²) in [7, 11) is 1.63. The fourth-order valence-corrected chi connectivity index (χ4v) is 3.40. The number of rotatable bonds is 2. The number of hydrogen-bond donors (Lipinski definition) is 1. The van der Waals surface area contributed by atoms with Crippen LogP contribution in [0.25, 0.3) is 10.2 Å². The molecule has 1 saturated heterocycles. The summed E-state index contributed by atoms with van der Waals surface area (Å²) in [5.74, 6) is -0.0772. The van der Waals surface area contributed by atoms with E-state index in [0.717, 1.165) is 17.2 Å². The smallest absolute Gasteiger partial charge is 0.250 e. The Balaban J connectivity index is 1.84. The Labute approximate surface area is 121 Å². The zero-order valence-corrected chi connectivity index (χ0v) is 12.4. The highest BCUT2D eigenvalue weighted by Gasteiger charge is 2.27. The summed E-state index contributed by atoms with van der Waals surface area (Å²) in [4.78, 5) is 18.5. The number of morpholine rings is 1. The van der Waals surface area contributed by atoms with Crippen molar-refractivity contribution < 1.29 is 9.53 Å². The molecule has 0 spiro atoms. The van der Waals surface area contributed by atoms with E-state index in [-0.39, 0.29) is 5.91 Å². The highest BCUT2D eigenvalue weighted by Crippen LogP contribution is 2.30. The summed E-state index contributed by atoms with van der Waals surface area (Å²) in [6, 6.07) is 6.26. The molecule has 1 amide bonds. The molecule has 1 atom stereocenters. The predicted molar refractivity (Wildman–Crippen MR) is 80.4 cm³/mol. The monoisotopic (exact) mass is 291 g/mol. The van der Waals surface area contributed by atoms with Crippen LogP contribution in [0.1, 0.15) is 5.56 Å². The number of nitrogens with zero attached hydrogens (tertiary/aromatic N) is 2. The van der Waals surface area contributed by atoms with E-state index in [4.69, 9.17) is 4.74 Å². The Hall–Kier alpha value is -1.66. The van der Waals surface area contributed by atoms with Crippen molar-refractivity contribution in [2.75, 3.05) is 31.6 Å². The molecule has 0 radical (unpaired) electrons. The molecule has 0 bridgehead atoms. The third-order valence-electron chi connectivity index (χ3n) is 3.41. The molecule has 1 aromatic carbocycles. The van der Waals surface area contributed by atoms with Gasteiger partial charge in [-0.2, -0.15) is 0 Å². The maximum atomic E-state index is 11.7. The Morgan fingerprint density at radius 3 is 3.20 bits per heavy atom. The van der Waals surface area contributed by atoms with Crippen molar-refractivity contribution in [1.29, 1.82) is 0 Å². The van der Waals surface area contributed by atoms with Gasteiger partial charge < -0.3 is 15.0 Å². The second kappa shape index (κ2) is 5.38. The Kier molecular flexibility index (Phi) is 3.58. The molecule has 1 aromatic heterocycles. The average Bonchev–Trinajstić information content (AvgIpc) is 2.89. The van der Waals surface area contributed by atoms with Crippen molar-refractivity contribution in [3.8, 4) is 0 Å². The second-order valence-corrected chi connectivity index (χ2v) is 5.90. The van der Waals surface area contributed by atoms with Crippen molar-refractivity contribution in [1.82, 2.24) is 10.3 Å². The molecule has 20 heavy (non-hydrogen) atoms. The summed E-state index contributed by atoms with van der Waals surface area (Å²) < 4.78 is 6.68. The maximum Gasteiger partial charge on any atom is 0.250 e. The maximum absolute atomic E-state index is 11.7. The van der Waals surface area contributed by atoms with Gasteiger partial charge in [-0.1, -0.05) is 17.4 Å². The van der Waals surface area contributed by atoms with E-state index in [1.807, 2.05) is 6.07 Å². The number of aryl methyl sites for hydroxylation is 1. The SMILES string of the molecule is CNC(=O)C1CN(c2nc3ccc(C)cc3s2)CCO1. The van der Waals surface area contributed by atoms with Crippen molar-refractivity contribution in [2.24, 2.45) is 0 Å². The van der Waals surface area contributed by atoms with E-state index >= 15 is 0 Å². The number of benzene rings is 1. The molecule has 106 valence electrons. The van der Waals surface area contributed by atoms with Gasteiger partial charge in [-0.05, 0) is 24.6 Å². The Morgan fingerprint density at radius 2 is 2.40 bits per heavy atom. The third kappa shape index (κ3) is 2.48. The summed E-state index contributed by atoms with van der Waals surface area (Å²) in [6.07, 6.45) is -0.414. The molecular formula is C14H17N3O2S. The number of carbonyl (C=O) groups excluding carboxylic acids is 1. The number of anilines is 1. The first-order valence-corrected chi connectivity index (χ1v) is 7.44. The van der Waals surface area contributed by atoms with Crippen LogP contribution in [0.15, 0.2) is 18.2 Å². The highest BCUT2D eigenvalue weighted by atomic mass is 32.1. The van der Waals surface area contributed by atoms with Crippen molar-refractivity contribution >= 4 is 32.6 Å². The lowest BCUT2D eigenvalue weighted by atomic mass is 10.2. The summed E-state index contributed by atoms with van der Waals surface area (Å²) in [5, 5.41) is 3.59. The largest absolute Gasteiger partial charge is 0.365 e. The van der Waals surface area contributed by atoms with Gasteiger partial charge in [0.25, 0.3) is 5.91 Å². The molecule has 2 heterocycles. The third-order valence-corrected chi connectivity index (χ3v) is 4.49. The number of ether oxygens (including phenoxy) is 1. The Bertz CT molecular complexity index is 640. The normalized spacial score (nSPS) is 19.3. The van der Waals surface area contributed by atoms with Crippen LogP contribution in [0.3, 0.4) is 0 Å². The highest BCUT2D eigenvalue weighted by molar-refractivity contribution is 7.22. The minimum absolute atomic E-state index is 0.0772. The first kappa shape index (κ1) is 13.3. The first-order valence-electron chi connectivity index (χ1n) is 6.62. The van der Waals surface area contributed by atoms with Crippen LogP contribution in [-0.2, 0) is 9.53 Å². The zero-order valence-electron chi connectivity index (χ0n) is 11.5. The predicted octanol–water partition coefficient (Wildman–Crippen LogP) is 1.56. The van der Waals surface area contributed by atoms with Crippen molar-refractivity contribution in [3.63, 3.8) is 0 Å². The fourth-order valence-electron chi connectivity index (χ4n) is 2.30. The van der Waals surface area contributed by atoms with Gasteiger partial charge in [0.15, 0.2) is 11.2 Å². The number of hydrogen-bond acceptors (Lipinski definition) is 5. The van der Waals surface area contributed by atoms with Gasteiger partial charge in [0.05, 0.1) is 23.4 Å². The van der Waals surface area contributed by atoms with Gasteiger partial charge in [-0.3, -0.25) is 4.79 Å². The molecule has 5 nitrogen and oxygen atoms in total. The van der Waals surface area contributed by atoms with Crippen LogP contribution < -0.4 is 10.2 Å². The molecule has 1 fully saturated rings. The van der Waals surface area contributed by atoms with E-state index in [0.29, 0.717) is 13.2 Å². The lowest BCUT2D eigenvalue weighted by molar-refractivity contribution is -0.132.